The van der Waals surface area contributed by atoms with Crippen LogP contribution in [-0.2, 0) is 6.54 Å². The van der Waals surface area contributed by atoms with Gasteiger partial charge in [-0.25, -0.2) is 4.98 Å². The molecule has 0 aromatic carbocycles. The summed E-state index contributed by atoms with van der Waals surface area (Å²) in [6.45, 7) is 5.63. The zero-order valence-electron chi connectivity index (χ0n) is 13.9. The Morgan fingerprint density at radius 2 is 2.13 bits per heavy atom. The average molecular weight is 313 g/mol. The molecular formula is C17H23N5O. The van der Waals surface area contributed by atoms with Crippen LogP contribution in [0.1, 0.15) is 34.6 Å². The molecule has 0 radical (unpaired) electrons. The summed E-state index contributed by atoms with van der Waals surface area (Å²) in [7, 11) is 1.79. The Bertz CT molecular complexity index is 718. The first-order chi connectivity index (χ1) is 11.0. The second-order valence-corrected chi connectivity index (χ2v) is 6.45. The molecule has 2 N–H and O–H groups in total. The lowest BCUT2D eigenvalue weighted by Crippen LogP contribution is -2.32. The van der Waals surface area contributed by atoms with Gasteiger partial charge in [0.2, 0.25) is 0 Å². The van der Waals surface area contributed by atoms with E-state index in [1.54, 1.807) is 25.4 Å². The number of hydrogen-bond donors (Lipinski definition) is 2. The quantitative estimate of drug-likeness (QED) is 0.857. The molecule has 0 saturated heterocycles. The number of nitrogens with zero attached hydrogens (tertiary/aromatic N) is 3. The van der Waals surface area contributed by atoms with E-state index in [9.17, 15) is 4.79 Å². The first-order valence-corrected chi connectivity index (χ1v) is 7.94. The molecule has 1 aliphatic carbocycles. The zero-order valence-corrected chi connectivity index (χ0v) is 13.9. The fourth-order valence-corrected chi connectivity index (χ4v) is 2.80. The number of nitrogens with one attached hydrogen (secondary N) is 2. The molecule has 0 bridgehead atoms. The van der Waals surface area contributed by atoms with Gasteiger partial charge in [0.05, 0.1) is 5.69 Å². The van der Waals surface area contributed by atoms with Gasteiger partial charge in [0, 0.05) is 43.0 Å². The highest BCUT2D eigenvalue weighted by atomic mass is 16.1. The summed E-state index contributed by atoms with van der Waals surface area (Å²) in [5.74, 6) is 0.643. The van der Waals surface area contributed by atoms with Gasteiger partial charge in [-0.3, -0.25) is 9.48 Å². The number of carbonyl (C=O) groups excluding carboxylic acids is 1. The van der Waals surface area contributed by atoms with E-state index < -0.39 is 0 Å². The Labute approximate surface area is 136 Å². The van der Waals surface area contributed by atoms with Gasteiger partial charge in [0.25, 0.3) is 5.91 Å². The van der Waals surface area contributed by atoms with E-state index in [0.29, 0.717) is 17.9 Å². The minimum absolute atomic E-state index is 0.0523. The van der Waals surface area contributed by atoms with Gasteiger partial charge >= 0.3 is 0 Å². The minimum atomic E-state index is -0.0523. The fraction of sp³-hybridized carbons (Fsp3) is 0.471. The molecule has 3 rings (SSSR count). The van der Waals surface area contributed by atoms with Gasteiger partial charge in [0.15, 0.2) is 0 Å². The number of rotatable bonds is 6. The molecule has 1 fully saturated rings. The monoisotopic (exact) mass is 313 g/mol. The molecule has 0 atom stereocenters. The van der Waals surface area contributed by atoms with Crippen molar-refractivity contribution in [1.82, 2.24) is 20.1 Å². The maximum Gasteiger partial charge on any atom is 0.251 e. The van der Waals surface area contributed by atoms with E-state index in [2.05, 4.69) is 38.4 Å². The molecule has 2 aromatic heterocycles. The SMILES string of the molecule is CNc1cc(C(=O)NCC2(Cn3nc(C)cc3C)CC2)ccn1. The van der Waals surface area contributed by atoms with Gasteiger partial charge in [-0.2, -0.15) is 5.10 Å². The smallest absolute Gasteiger partial charge is 0.251 e. The van der Waals surface area contributed by atoms with Crippen molar-refractivity contribution in [2.75, 3.05) is 18.9 Å². The highest BCUT2D eigenvalue weighted by Gasteiger charge is 2.43. The van der Waals surface area contributed by atoms with Crippen LogP contribution in [0, 0.1) is 19.3 Å². The molecule has 0 unspecified atom stereocenters. The van der Waals surface area contributed by atoms with Gasteiger partial charge in [-0.05, 0) is 44.9 Å². The molecule has 1 aliphatic rings. The molecule has 122 valence electrons. The number of anilines is 1. The summed E-state index contributed by atoms with van der Waals surface area (Å²) in [5.41, 5.74) is 3.00. The lowest BCUT2D eigenvalue weighted by molar-refractivity contribution is 0.0942. The van der Waals surface area contributed by atoms with Crippen LogP contribution in [-0.4, -0.2) is 34.3 Å². The van der Waals surface area contributed by atoms with Crippen LogP contribution >= 0.6 is 0 Å². The van der Waals surface area contributed by atoms with E-state index in [0.717, 1.165) is 25.1 Å². The Hall–Kier alpha value is -2.37. The highest BCUT2D eigenvalue weighted by Crippen LogP contribution is 2.46. The summed E-state index contributed by atoms with van der Waals surface area (Å²) in [6.07, 6.45) is 3.90. The van der Waals surface area contributed by atoms with Crippen LogP contribution in [0.15, 0.2) is 24.4 Å². The number of pyridine rings is 1. The molecule has 1 amide bonds. The third-order valence-corrected chi connectivity index (χ3v) is 4.45. The van der Waals surface area contributed by atoms with Crippen LogP contribution in [0.25, 0.3) is 0 Å². The van der Waals surface area contributed by atoms with E-state index in [-0.39, 0.29) is 11.3 Å². The molecule has 0 spiro atoms. The van der Waals surface area contributed by atoms with Crippen LogP contribution in [0.4, 0.5) is 5.82 Å². The molecule has 2 heterocycles. The van der Waals surface area contributed by atoms with Crippen molar-refractivity contribution >= 4 is 11.7 Å². The molecule has 2 aromatic rings. The van der Waals surface area contributed by atoms with E-state index in [1.807, 2.05) is 6.92 Å². The van der Waals surface area contributed by atoms with Crippen molar-refractivity contribution in [3.63, 3.8) is 0 Å². The number of aromatic nitrogens is 3. The van der Waals surface area contributed by atoms with Crippen molar-refractivity contribution < 1.29 is 4.79 Å². The van der Waals surface area contributed by atoms with Gasteiger partial charge < -0.3 is 10.6 Å². The Morgan fingerprint density at radius 1 is 1.35 bits per heavy atom. The Balaban J connectivity index is 1.61. The van der Waals surface area contributed by atoms with Crippen molar-refractivity contribution in [1.29, 1.82) is 0 Å². The second-order valence-electron chi connectivity index (χ2n) is 6.45. The second kappa shape index (κ2) is 6.02. The minimum Gasteiger partial charge on any atom is -0.373 e. The van der Waals surface area contributed by atoms with E-state index in [4.69, 9.17) is 0 Å². The maximum atomic E-state index is 12.3. The number of aryl methyl sites for hydroxylation is 2. The Kier molecular flexibility index (Phi) is 4.07. The zero-order chi connectivity index (χ0) is 16.4. The first-order valence-electron chi connectivity index (χ1n) is 7.94. The average Bonchev–Trinajstić information content (AvgIpc) is 3.24. The summed E-state index contributed by atoms with van der Waals surface area (Å²) < 4.78 is 2.06. The summed E-state index contributed by atoms with van der Waals surface area (Å²) in [5, 5.41) is 10.5. The largest absolute Gasteiger partial charge is 0.373 e. The molecule has 0 aliphatic heterocycles. The van der Waals surface area contributed by atoms with Crippen molar-refractivity contribution in [3.05, 3.63) is 41.3 Å². The summed E-state index contributed by atoms with van der Waals surface area (Å²) >= 11 is 0. The standard InChI is InChI=1S/C17H23N5O/c1-12-8-13(2)22(21-12)11-17(5-6-17)10-20-16(23)14-4-7-19-15(9-14)18-3/h4,7-9H,5-6,10-11H2,1-3H3,(H,18,19)(H,20,23). The lowest BCUT2D eigenvalue weighted by atomic mass is 10.1. The van der Waals surface area contributed by atoms with E-state index >= 15 is 0 Å². The predicted octanol–water partition coefficient (Wildman–Crippen LogP) is 2.15. The third-order valence-electron chi connectivity index (χ3n) is 4.45. The maximum absolute atomic E-state index is 12.3. The molecule has 1 saturated carbocycles. The van der Waals surface area contributed by atoms with E-state index in [1.165, 1.54) is 5.69 Å². The van der Waals surface area contributed by atoms with Crippen molar-refractivity contribution in [3.8, 4) is 0 Å². The summed E-state index contributed by atoms with van der Waals surface area (Å²) in [6, 6.07) is 5.58. The fourth-order valence-electron chi connectivity index (χ4n) is 2.80. The van der Waals surface area contributed by atoms with Crippen molar-refractivity contribution in [2.24, 2.45) is 5.41 Å². The van der Waals surface area contributed by atoms with Crippen LogP contribution in [0.2, 0.25) is 0 Å². The topological polar surface area (TPSA) is 71.8 Å². The summed E-state index contributed by atoms with van der Waals surface area (Å²) in [4.78, 5) is 16.4. The first kappa shape index (κ1) is 15.5. The number of amides is 1. The molecular weight excluding hydrogens is 290 g/mol. The Morgan fingerprint density at radius 3 is 2.74 bits per heavy atom. The number of carbonyl (C=O) groups is 1. The van der Waals surface area contributed by atoms with Gasteiger partial charge in [0.1, 0.15) is 5.82 Å². The normalized spacial score (nSPS) is 15.3. The predicted molar refractivity (Wildman–Crippen MR) is 89.5 cm³/mol. The van der Waals surface area contributed by atoms with Crippen molar-refractivity contribution in [2.45, 2.75) is 33.2 Å². The highest BCUT2D eigenvalue weighted by molar-refractivity contribution is 5.94. The third kappa shape index (κ3) is 3.52. The molecule has 6 nitrogen and oxygen atoms in total. The van der Waals surface area contributed by atoms with Gasteiger partial charge in [-0.1, -0.05) is 0 Å². The van der Waals surface area contributed by atoms with Crippen LogP contribution in [0.5, 0.6) is 0 Å². The molecule has 6 heteroatoms. The lowest BCUT2D eigenvalue weighted by Gasteiger charge is -2.17. The van der Waals surface area contributed by atoms with Crippen LogP contribution in [0.3, 0.4) is 0 Å². The molecule has 23 heavy (non-hydrogen) atoms. The van der Waals surface area contributed by atoms with Crippen LogP contribution < -0.4 is 10.6 Å². The number of hydrogen-bond acceptors (Lipinski definition) is 4. The van der Waals surface area contributed by atoms with Gasteiger partial charge in [-0.15, -0.1) is 0 Å².